The Bertz CT molecular complexity index is 628. The summed E-state index contributed by atoms with van der Waals surface area (Å²) in [6, 6.07) is 9.11. The van der Waals surface area contributed by atoms with Gasteiger partial charge in [0, 0.05) is 15.1 Å². The molecule has 0 atom stereocenters. The van der Waals surface area contributed by atoms with Crippen molar-refractivity contribution in [3.63, 3.8) is 0 Å². The lowest BCUT2D eigenvalue weighted by Crippen LogP contribution is -2.13. The highest BCUT2D eigenvalue weighted by Gasteiger charge is 2.12. The van der Waals surface area contributed by atoms with E-state index in [4.69, 9.17) is 23.2 Å². The summed E-state index contributed by atoms with van der Waals surface area (Å²) in [5, 5.41) is 2.80. The van der Waals surface area contributed by atoms with E-state index in [0.717, 1.165) is 0 Å². The Labute approximate surface area is 127 Å². The van der Waals surface area contributed by atoms with E-state index in [1.54, 1.807) is 18.2 Å². The molecular weight excluding hydrogens is 356 g/mol. The minimum absolute atomic E-state index is 0.0218. The van der Waals surface area contributed by atoms with Crippen LogP contribution in [0.15, 0.2) is 40.9 Å². The van der Waals surface area contributed by atoms with Crippen molar-refractivity contribution < 1.29 is 9.18 Å². The maximum atomic E-state index is 13.7. The summed E-state index contributed by atoms with van der Waals surface area (Å²) in [4.78, 5) is 12.0. The van der Waals surface area contributed by atoms with Crippen LogP contribution in [0.25, 0.3) is 0 Å². The molecule has 2 nitrogen and oxygen atoms in total. The van der Waals surface area contributed by atoms with Crippen molar-refractivity contribution in [2.24, 2.45) is 0 Å². The topological polar surface area (TPSA) is 29.1 Å². The lowest BCUT2D eigenvalue weighted by atomic mass is 10.2. The standard InChI is InChI=1S/C13H7BrCl2FNO/c14-8-4-7(5-9(15)6-8)13(19)18-11-3-1-2-10(16)12(11)17/h1-6H,(H,18,19). The number of nitrogens with one attached hydrogen (secondary N) is 1. The molecule has 0 radical (unpaired) electrons. The first-order chi connectivity index (χ1) is 8.97. The highest BCUT2D eigenvalue weighted by molar-refractivity contribution is 9.10. The number of hydrogen-bond donors (Lipinski definition) is 1. The van der Waals surface area contributed by atoms with Crippen LogP contribution in [-0.2, 0) is 0 Å². The molecule has 0 aromatic heterocycles. The molecule has 0 fully saturated rings. The Hall–Kier alpha value is -1.10. The van der Waals surface area contributed by atoms with E-state index in [0.29, 0.717) is 15.1 Å². The average molecular weight is 363 g/mol. The normalized spacial score (nSPS) is 10.3. The molecule has 0 spiro atoms. The highest BCUT2D eigenvalue weighted by atomic mass is 79.9. The van der Waals surface area contributed by atoms with Crippen LogP contribution in [0.5, 0.6) is 0 Å². The number of amides is 1. The Morgan fingerprint density at radius 1 is 1.21 bits per heavy atom. The number of halogens is 4. The third kappa shape index (κ3) is 3.47. The molecule has 2 rings (SSSR count). The highest BCUT2D eigenvalue weighted by Crippen LogP contribution is 2.24. The number of anilines is 1. The molecule has 0 aliphatic carbocycles. The molecular formula is C13H7BrCl2FNO. The van der Waals surface area contributed by atoms with Gasteiger partial charge in [-0.1, -0.05) is 45.2 Å². The van der Waals surface area contributed by atoms with Crippen LogP contribution < -0.4 is 5.32 Å². The molecule has 0 saturated carbocycles. The van der Waals surface area contributed by atoms with Gasteiger partial charge in [0.2, 0.25) is 0 Å². The van der Waals surface area contributed by atoms with E-state index in [1.807, 2.05) is 0 Å². The van der Waals surface area contributed by atoms with Crippen LogP contribution in [-0.4, -0.2) is 5.91 Å². The van der Waals surface area contributed by atoms with Crippen molar-refractivity contribution in [2.45, 2.75) is 0 Å². The predicted molar refractivity (Wildman–Crippen MR) is 78.5 cm³/mol. The minimum atomic E-state index is -0.668. The van der Waals surface area contributed by atoms with Gasteiger partial charge in [-0.05, 0) is 30.3 Å². The maximum Gasteiger partial charge on any atom is 0.255 e. The largest absolute Gasteiger partial charge is 0.319 e. The Balaban J connectivity index is 2.28. The van der Waals surface area contributed by atoms with Gasteiger partial charge in [0.15, 0.2) is 5.82 Å². The lowest BCUT2D eigenvalue weighted by Gasteiger charge is -2.08. The first-order valence-electron chi connectivity index (χ1n) is 5.19. The minimum Gasteiger partial charge on any atom is -0.319 e. The summed E-state index contributed by atoms with van der Waals surface area (Å²) in [5.41, 5.74) is 0.340. The van der Waals surface area contributed by atoms with Crippen LogP contribution in [0, 0.1) is 5.82 Å². The molecule has 0 aliphatic rings. The van der Waals surface area contributed by atoms with Gasteiger partial charge in [0.05, 0.1) is 10.7 Å². The van der Waals surface area contributed by atoms with E-state index in [2.05, 4.69) is 21.2 Å². The monoisotopic (exact) mass is 361 g/mol. The summed E-state index contributed by atoms with van der Waals surface area (Å²) in [5.74, 6) is -1.14. The van der Waals surface area contributed by atoms with E-state index < -0.39 is 11.7 Å². The molecule has 0 bridgehead atoms. The molecule has 6 heteroatoms. The molecule has 0 saturated heterocycles. The SMILES string of the molecule is O=C(Nc1cccc(Cl)c1F)c1cc(Cl)cc(Br)c1. The molecule has 0 aliphatic heterocycles. The summed E-state index contributed by atoms with van der Waals surface area (Å²) in [6.45, 7) is 0. The second kappa shape index (κ2) is 5.90. The zero-order valence-corrected chi connectivity index (χ0v) is 12.5. The fraction of sp³-hybridized carbons (Fsp3) is 0. The Morgan fingerprint density at radius 3 is 2.63 bits per heavy atom. The van der Waals surface area contributed by atoms with E-state index >= 15 is 0 Å². The zero-order valence-electron chi connectivity index (χ0n) is 9.38. The van der Waals surface area contributed by atoms with Gasteiger partial charge in [-0.2, -0.15) is 0 Å². The molecule has 0 unspecified atom stereocenters. The van der Waals surface area contributed by atoms with Crippen molar-refractivity contribution in [2.75, 3.05) is 5.32 Å². The van der Waals surface area contributed by atoms with Crippen LogP contribution in [0.3, 0.4) is 0 Å². The number of benzene rings is 2. The molecule has 0 heterocycles. The molecule has 2 aromatic carbocycles. The van der Waals surface area contributed by atoms with Gasteiger partial charge < -0.3 is 5.32 Å². The Morgan fingerprint density at radius 2 is 1.95 bits per heavy atom. The van der Waals surface area contributed by atoms with Crippen LogP contribution in [0.2, 0.25) is 10.0 Å². The van der Waals surface area contributed by atoms with Gasteiger partial charge in [0.1, 0.15) is 0 Å². The molecule has 98 valence electrons. The fourth-order valence-electron chi connectivity index (χ4n) is 1.48. The number of carbonyl (C=O) groups excluding carboxylic acids is 1. The Kier molecular flexibility index (Phi) is 4.45. The van der Waals surface area contributed by atoms with Gasteiger partial charge >= 0.3 is 0 Å². The van der Waals surface area contributed by atoms with Gasteiger partial charge in [0.25, 0.3) is 5.91 Å². The number of hydrogen-bond acceptors (Lipinski definition) is 1. The van der Waals surface area contributed by atoms with Crippen molar-refractivity contribution >= 4 is 50.7 Å². The van der Waals surface area contributed by atoms with Gasteiger partial charge in [-0.15, -0.1) is 0 Å². The zero-order chi connectivity index (χ0) is 14.0. The molecule has 1 N–H and O–H groups in total. The third-order valence-electron chi connectivity index (χ3n) is 2.32. The number of carbonyl (C=O) groups is 1. The van der Waals surface area contributed by atoms with Crippen LogP contribution >= 0.6 is 39.1 Å². The first-order valence-corrected chi connectivity index (χ1v) is 6.74. The second-order valence-electron chi connectivity index (χ2n) is 3.71. The summed E-state index contributed by atoms with van der Waals surface area (Å²) < 4.78 is 14.3. The summed E-state index contributed by atoms with van der Waals surface area (Å²) in [6.07, 6.45) is 0. The smallest absolute Gasteiger partial charge is 0.255 e. The van der Waals surface area contributed by atoms with Crippen molar-refractivity contribution in [3.05, 3.63) is 62.3 Å². The predicted octanol–water partition coefficient (Wildman–Crippen LogP) is 5.15. The van der Waals surface area contributed by atoms with Gasteiger partial charge in [-0.3, -0.25) is 4.79 Å². The van der Waals surface area contributed by atoms with E-state index in [1.165, 1.54) is 18.2 Å². The lowest BCUT2D eigenvalue weighted by molar-refractivity contribution is 0.102. The average Bonchev–Trinajstić information content (AvgIpc) is 2.33. The van der Waals surface area contributed by atoms with Crippen LogP contribution in [0.4, 0.5) is 10.1 Å². The fourth-order valence-corrected chi connectivity index (χ4v) is 2.51. The molecule has 19 heavy (non-hydrogen) atoms. The maximum absolute atomic E-state index is 13.7. The van der Waals surface area contributed by atoms with E-state index in [9.17, 15) is 9.18 Å². The quantitative estimate of drug-likeness (QED) is 0.786. The summed E-state index contributed by atoms with van der Waals surface area (Å²) >= 11 is 14.7. The van der Waals surface area contributed by atoms with Crippen molar-refractivity contribution in [1.82, 2.24) is 0 Å². The van der Waals surface area contributed by atoms with Crippen LogP contribution in [0.1, 0.15) is 10.4 Å². The number of rotatable bonds is 2. The van der Waals surface area contributed by atoms with Crippen molar-refractivity contribution in [1.29, 1.82) is 0 Å². The van der Waals surface area contributed by atoms with Crippen molar-refractivity contribution in [3.8, 4) is 0 Å². The second-order valence-corrected chi connectivity index (χ2v) is 5.47. The summed E-state index contributed by atoms with van der Waals surface area (Å²) in [7, 11) is 0. The van der Waals surface area contributed by atoms with E-state index in [-0.39, 0.29) is 10.7 Å². The molecule has 1 amide bonds. The van der Waals surface area contributed by atoms with Gasteiger partial charge in [-0.25, -0.2) is 4.39 Å². The first kappa shape index (κ1) is 14.3. The molecule has 2 aromatic rings. The third-order valence-corrected chi connectivity index (χ3v) is 3.29.